The average molecular weight is 529 g/mol. The van der Waals surface area contributed by atoms with E-state index in [9.17, 15) is 9.59 Å². The molecule has 2 aromatic carbocycles. The first-order valence-electron chi connectivity index (χ1n) is 13.4. The molecule has 4 aromatic rings. The fourth-order valence-corrected chi connectivity index (χ4v) is 6.53. The fourth-order valence-electron chi connectivity index (χ4n) is 5.31. The summed E-state index contributed by atoms with van der Waals surface area (Å²) in [7, 11) is 1.93. The van der Waals surface area contributed by atoms with Crippen LogP contribution in [0.5, 0.6) is 5.75 Å². The van der Waals surface area contributed by atoms with Crippen LogP contribution in [-0.2, 0) is 7.05 Å². The van der Waals surface area contributed by atoms with Crippen molar-refractivity contribution in [2.75, 3.05) is 13.1 Å². The number of carbonyl (C=O) groups excluding carboxylic acids is 2. The molecular formula is C30H32N4O3S. The number of hydrogen-bond acceptors (Lipinski definition) is 5. The van der Waals surface area contributed by atoms with E-state index in [1.807, 2.05) is 53.0 Å². The van der Waals surface area contributed by atoms with Crippen molar-refractivity contribution in [1.82, 2.24) is 19.8 Å². The first kappa shape index (κ1) is 24.7. The van der Waals surface area contributed by atoms with Gasteiger partial charge in [-0.25, -0.2) is 9.78 Å². The molecule has 0 unspecified atom stereocenters. The quantitative estimate of drug-likeness (QED) is 0.320. The minimum Gasteiger partial charge on any atom is -0.408 e. The number of thiazole rings is 1. The van der Waals surface area contributed by atoms with Crippen molar-refractivity contribution in [3.63, 3.8) is 0 Å². The standard InChI is InChI=1S/C30H32N4O3S/c1-19-8-7-9-21(16-19)27-26(32-28(38-27)20-13-14-20)29(35)34-15-6-5-10-22(34)17-31-30(36)37-25-18-33(2)24-12-4-3-11-23(24)25/h3-4,7-9,11-12,16,18,20,22H,5-6,10,13-15,17H2,1-2H3,(H,31,36)/t22-/m0/s1. The SMILES string of the molecule is Cc1cccc(-c2sc(C3CC3)nc2C(=O)N2CCCC[C@H]2CNC(=O)Oc2cn(C)c3ccccc23)c1. The lowest BCUT2D eigenvalue weighted by atomic mass is 10.0. The predicted molar refractivity (Wildman–Crippen MR) is 150 cm³/mol. The van der Waals surface area contributed by atoms with Crippen LogP contribution < -0.4 is 10.1 Å². The summed E-state index contributed by atoms with van der Waals surface area (Å²) < 4.78 is 7.60. The molecule has 2 fully saturated rings. The Labute approximate surface area is 226 Å². The molecule has 2 aromatic heterocycles. The number of carbonyl (C=O) groups is 2. The van der Waals surface area contributed by atoms with Crippen molar-refractivity contribution >= 4 is 34.2 Å². The van der Waals surface area contributed by atoms with Gasteiger partial charge < -0.3 is 19.5 Å². The van der Waals surface area contributed by atoms with Crippen LogP contribution in [0.15, 0.2) is 54.7 Å². The van der Waals surface area contributed by atoms with Crippen LogP contribution in [-0.4, -0.2) is 45.6 Å². The highest BCUT2D eigenvalue weighted by Gasteiger charge is 2.34. The molecule has 1 aliphatic heterocycles. The number of ether oxygens (including phenoxy) is 1. The number of fused-ring (bicyclic) bond motifs is 1. The van der Waals surface area contributed by atoms with E-state index < -0.39 is 6.09 Å². The molecule has 6 rings (SSSR count). The van der Waals surface area contributed by atoms with Crippen LogP contribution in [0.25, 0.3) is 21.3 Å². The van der Waals surface area contributed by atoms with Gasteiger partial charge in [-0.2, -0.15) is 0 Å². The predicted octanol–water partition coefficient (Wildman–Crippen LogP) is 6.27. The number of hydrogen-bond donors (Lipinski definition) is 1. The van der Waals surface area contributed by atoms with E-state index in [2.05, 4.69) is 30.4 Å². The molecule has 1 atom stereocenters. The highest BCUT2D eigenvalue weighted by Crippen LogP contribution is 2.45. The number of amides is 2. The third kappa shape index (κ3) is 4.92. The maximum Gasteiger partial charge on any atom is 0.412 e. The van der Waals surface area contributed by atoms with Crippen LogP contribution in [0.4, 0.5) is 4.79 Å². The van der Waals surface area contributed by atoms with Gasteiger partial charge in [-0.15, -0.1) is 11.3 Å². The molecule has 38 heavy (non-hydrogen) atoms. The van der Waals surface area contributed by atoms with E-state index in [1.54, 1.807) is 11.3 Å². The van der Waals surface area contributed by atoms with Crippen molar-refractivity contribution < 1.29 is 14.3 Å². The third-order valence-electron chi connectivity index (χ3n) is 7.49. The molecule has 0 spiro atoms. The Morgan fingerprint density at radius 1 is 1.11 bits per heavy atom. The smallest absolute Gasteiger partial charge is 0.408 e. The Morgan fingerprint density at radius 3 is 2.76 bits per heavy atom. The highest BCUT2D eigenvalue weighted by atomic mass is 32.1. The van der Waals surface area contributed by atoms with Gasteiger partial charge in [0.05, 0.1) is 15.4 Å². The molecule has 1 aliphatic carbocycles. The number of nitrogens with one attached hydrogen (secondary N) is 1. The van der Waals surface area contributed by atoms with E-state index in [0.717, 1.165) is 64.0 Å². The average Bonchev–Trinajstić information content (AvgIpc) is 3.61. The number of rotatable bonds is 6. The molecule has 0 bridgehead atoms. The van der Waals surface area contributed by atoms with Crippen LogP contribution in [0.2, 0.25) is 0 Å². The molecule has 7 nitrogen and oxygen atoms in total. The Balaban J connectivity index is 1.19. The van der Waals surface area contributed by atoms with Gasteiger partial charge >= 0.3 is 6.09 Å². The maximum absolute atomic E-state index is 14.0. The summed E-state index contributed by atoms with van der Waals surface area (Å²) in [5.74, 6) is 0.960. The van der Waals surface area contributed by atoms with Gasteiger partial charge in [-0.1, -0.05) is 42.0 Å². The summed E-state index contributed by atoms with van der Waals surface area (Å²) in [5.41, 5.74) is 3.75. The molecule has 3 heterocycles. The number of nitrogens with zero attached hydrogens (tertiary/aromatic N) is 3. The summed E-state index contributed by atoms with van der Waals surface area (Å²) in [4.78, 5) is 34.5. The second kappa shape index (κ2) is 10.3. The number of aromatic nitrogens is 2. The van der Waals surface area contributed by atoms with Crippen molar-refractivity contribution in [3.8, 4) is 16.2 Å². The lowest BCUT2D eigenvalue weighted by Gasteiger charge is -2.35. The van der Waals surface area contributed by atoms with Crippen molar-refractivity contribution in [1.29, 1.82) is 0 Å². The molecular weight excluding hydrogens is 496 g/mol. The van der Waals surface area contributed by atoms with E-state index in [1.165, 1.54) is 0 Å². The van der Waals surface area contributed by atoms with E-state index in [0.29, 0.717) is 30.5 Å². The third-order valence-corrected chi connectivity index (χ3v) is 8.75. The van der Waals surface area contributed by atoms with Crippen LogP contribution in [0, 0.1) is 6.92 Å². The van der Waals surface area contributed by atoms with Gasteiger partial charge in [0, 0.05) is 43.7 Å². The number of aryl methyl sites for hydroxylation is 2. The van der Waals surface area contributed by atoms with E-state index in [4.69, 9.17) is 9.72 Å². The topological polar surface area (TPSA) is 76.5 Å². The number of para-hydroxylation sites is 1. The van der Waals surface area contributed by atoms with Gasteiger partial charge in [0.1, 0.15) is 5.69 Å². The molecule has 1 N–H and O–H groups in total. The Hall–Kier alpha value is -3.65. The largest absolute Gasteiger partial charge is 0.412 e. The van der Waals surface area contributed by atoms with Crippen molar-refractivity contribution in [3.05, 3.63) is 71.0 Å². The van der Waals surface area contributed by atoms with Crippen LogP contribution >= 0.6 is 11.3 Å². The molecule has 8 heteroatoms. The highest BCUT2D eigenvalue weighted by molar-refractivity contribution is 7.15. The van der Waals surface area contributed by atoms with Crippen LogP contribution in [0.3, 0.4) is 0 Å². The second-order valence-electron chi connectivity index (χ2n) is 10.4. The van der Waals surface area contributed by atoms with Crippen LogP contribution in [0.1, 0.15) is 59.1 Å². The normalized spacial score (nSPS) is 17.5. The number of likely N-dealkylation sites (tertiary alicyclic amines) is 1. The van der Waals surface area contributed by atoms with E-state index in [-0.39, 0.29) is 11.9 Å². The number of piperidine rings is 1. The summed E-state index contributed by atoms with van der Waals surface area (Å²) in [5, 5.41) is 4.87. The molecule has 2 amide bonds. The Kier molecular flexibility index (Phi) is 6.66. The molecule has 1 saturated carbocycles. The maximum atomic E-state index is 14.0. The second-order valence-corrected chi connectivity index (χ2v) is 11.4. The minimum atomic E-state index is -0.510. The van der Waals surface area contributed by atoms with Crippen molar-refractivity contribution in [2.24, 2.45) is 7.05 Å². The van der Waals surface area contributed by atoms with Gasteiger partial charge in [0.2, 0.25) is 0 Å². The van der Waals surface area contributed by atoms with Crippen molar-refractivity contribution in [2.45, 2.75) is 51.0 Å². The minimum absolute atomic E-state index is 0.0430. The number of benzene rings is 2. The Morgan fingerprint density at radius 2 is 1.95 bits per heavy atom. The summed E-state index contributed by atoms with van der Waals surface area (Å²) in [6.07, 6.45) is 6.38. The Bertz CT molecular complexity index is 1500. The zero-order valence-electron chi connectivity index (χ0n) is 21.8. The monoisotopic (exact) mass is 528 g/mol. The van der Waals surface area contributed by atoms with Gasteiger partial charge in [0.15, 0.2) is 5.75 Å². The molecule has 2 aliphatic rings. The lowest BCUT2D eigenvalue weighted by Crippen LogP contribution is -2.50. The fraction of sp³-hybridized carbons (Fsp3) is 0.367. The zero-order chi connectivity index (χ0) is 26.2. The molecule has 1 saturated heterocycles. The van der Waals surface area contributed by atoms with Gasteiger partial charge in [0.25, 0.3) is 5.91 Å². The summed E-state index contributed by atoms with van der Waals surface area (Å²) in [6.45, 7) is 3.07. The van der Waals surface area contributed by atoms with Gasteiger partial charge in [-0.05, 0) is 56.7 Å². The van der Waals surface area contributed by atoms with E-state index >= 15 is 0 Å². The summed E-state index contributed by atoms with van der Waals surface area (Å²) in [6, 6.07) is 16.0. The first-order valence-corrected chi connectivity index (χ1v) is 14.2. The van der Waals surface area contributed by atoms with Gasteiger partial charge in [-0.3, -0.25) is 4.79 Å². The molecule has 196 valence electrons. The zero-order valence-corrected chi connectivity index (χ0v) is 22.6. The first-order chi connectivity index (χ1) is 18.5. The lowest BCUT2D eigenvalue weighted by molar-refractivity contribution is 0.0607. The summed E-state index contributed by atoms with van der Waals surface area (Å²) >= 11 is 1.66. The molecule has 0 radical (unpaired) electrons.